The molecule has 0 amide bonds. The van der Waals surface area contributed by atoms with Gasteiger partial charge in [0.1, 0.15) is 24.0 Å². The molecule has 0 saturated carbocycles. The first-order valence-corrected chi connectivity index (χ1v) is 9.37. The Balaban J connectivity index is 1.51. The van der Waals surface area contributed by atoms with Crippen LogP contribution in [-0.4, -0.2) is 15.0 Å². The minimum absolute atomic E-state index is 0.463. The third-order valence-electron chi connectivity index (χ3n) is 4.62. The number of nitrogens with zero attached hydrogens (tertiary/aromatic N) is 3. The maximum atomic E-state index is 6.12. The maximum absolute atomic E-state index is 6.12. The predicted octanol–water partition coefficient (Wildman–Crippen LogP) is 5.22. The summed E-state index contributed by atoms with van der Waals surface area (Å²) in [7, 11) is 0. The SMILES string of the molecule is CCc1cncc(Nc2cc(COc3ccc(C)c4ccccc34)ccn2)n1. The van der Waals surface area contributed by atoms with Crippen molar-refractivity contribution in [2.45, 2.75) is 26.9 Å². The number of hydrogen-bond donors (Lipinski definition) is 1. The van der Waals surface area contributed by atoms with E-state index < -0.39 is 0 Å². The molecular weight excluding hydrogens is 348 g/mol. The van der Waals surface area contributed by atoms with Crippen LogP contribution in [0.2, 0.25) is 0 Å². The van der Waals surface area contributed by atoms with Gasteiger partial charge >= 0.3 is 0 Å². The molecule has 5 heteroatoms. The van der Waals surface area contributed by atoms with E-state index in [0.717, 1.165) is 34.6 Å². The molecule has 1 N–H and O–H groups in total. The van der Waals surface area contributed by atoms with Gasteiger partial charge in [-0.25, -0.2) is 9.97 Å². The van der Waals surface area contributed by atoms with Crippen LogP contribution in [0.3, 0.4) is 0 Å². The largest absolute Gasteiger partial charge is 0.488 e. The number of pyridine rings is 1. The Labute approximate surface area is 164 Å². The number of ether oxygens (including phenoxy) is 1. The molecule has 28 heavy (non-hydrogen) atoms. The first kappa shape index (κ1) is 17.9. The number of anilines is 2. The van der Waals surface area contributed by atoms with Crippen molar-refractivity contribution >= 4 is 22.4 Å². The number of aryl methyl sites for hydroxylation is 2. The predicted molar refractivity (Wildman–Crippen MR) is 112 cm³/mol. The molecule has 0 fully saturated rings. The van der Waals surface area contributed by atoms with E-state index in [0.29, 0.717) is 12.4 Å². The van der Waals surface area contributed by atoms with Crippen molar-refractivity contribution in [3.63, 3.8) is 0 Å². The van der Waals surface area contributed by atoms with Gasteiger partial charge in [0.05, 0.1) is 11.9 Å². The number of benzene rings is 2. The second-order valence-electron chi connectivity index (χ2n) is 6.64. The van der Waals surface area contributed by atoms with Crippen LogP contribution in [0.5, 0.6) is 5.75 Å². The van der Waals surface area contributed by atoms with Gasteiger partial charge in [-0.15, -0.1) is 0 Å². The molecule has 2 aromatic heterocycles. The molecule has 0 radical (unpaired) electrons. The van der Waals surface area contributed by atoms with Crippen molar-refractivity contribution in [2.75, 3.05) is 5.32 Å². The van der Waals surface area contributed by atoms with Crippen LogP contribution in [0.4, 0.5) is 11.6 Å². The monoisotopic (exact) mass is 370 g/mol. The van der Waals surface area contributed by atoms with Crippen molar-refractivity contribution < 1.29 is 4.74 Å². The van der Waals surface area contributed by atoms with Crippen molar-refractivity contribution in [3.05, 3.63) is 83.9 Å². The van der Waals surface area contributed by atoms with Crippen molar-refractivity contribution in [1.29, 1.82) is 0 Å². The summed E-state index contributed by atoms with van der Waals surface area (Å²) in [5.41, 5.74) is 3.21. The Hall–Kier alpha value is -3.47. The number of rotatable bonds is 6. The number of fused-ring (bicyclic) bond motifs is 1. The zero-order valence-electron chi connectivity index (χ0n) is 16.0. The minimum atomic E-state index is 0.463. The van der Waals surface area contributed by atoms with E-state index in [2.05, 4.69) is 58.4 Å². The number of aromatic nitrogens is 3. The van der Waals surface area contributed by atoms with Gasteiger partial charge < -0.3 is 10.1 Å². The molecular formula is C23H22N4O. The summed E-state index contributed by atoms with van der Waals surface area (Å²) in [5.74, 6) is 2.29. The first-order valence-electron chi connectivity index (χ1n) is 9.37. The highest BCUT2D eigenvalue weighted by Gasteiger charge is 2.06. The van der Waals surface area contributed by atoms with Gasteiger partial charge in [0.25, 0.3) is 0 Å². The molecule has 0 atom stereocenters. The van der Waals surface area contributed by atoms with Gasteiger partial charge in [-0.2, -0.15) is 0 Å². The number of nitrogens with one attached hydrogen (secondary N) is 1. The van der Waals surface area contributed by atoms with Crippen molar-refractivity contribution in [1.82, 2.24) is 15.0 Å². The topological polar surface area (TPSA) is 59.9 Å². The zero-order chi connectivity index (χ0) is 19.3. The molecule has 0 saturated heterocycles. The van der Waals surface area contributed by atoms with Gasteiger partial charge in [-0.1, -0.05) is 37.3 Å². The molecule has 4 aromatic rings. The Morgan fingerprint density at radius 3 is 2.68 bits per heavy atom. The van der Waals surface area contributed by atoms with E-state index in [9.17, 15) is 0 Å². The highest BCUT2D eigenvalue weighted by molar-refractivity contribution is 5.90. The standard InChI is InChI=1S/C23H22N4O/c1-3-18-13-24-14-23(26-18)27-22-12-17(10-11-25-22)15-28-21-9-8-16(2)19-6-4-5-7-20(19)21/h4-14H,3,15H2,1-2H3,(H,25,26,27). The maximum Gasteiger partial charge on any atom is 0.150 e. The fourth-order valence-corrected chi connectivity index (χ4v) is 3.11. The molecule has 2 heterocycles. The lowest BCUT2D eigenvalue weighted by Gasteiger charge is -2.12. The quantitative estimate of drug-likeness (QED) is 0.504. The Kier molecular flexibility index (Phi) is 5.15. The van der Waals surface area contributed by atoms with E-state index in [1.165, 1.54) is 10.9 Å². The van der Waals surface area contributed by atoms with Crippen LogP contribution >= 0.6 is 0 Å². The number of hydrogen-bond acceptors (Lipinski definition) is 5. The highest BCUT2D eigenvalue weighted by atomic mass is 16.5. The molecule has 5 nitrogen and oxygen atoms in total. The molecule has 4 rings (SSSR count). The first-order chi connectivity index (χ1) is 13.7. The molecule has 0 unspecified atom stereocenters. The minimum Gasteiger partial charge on any atom is -0.488 e. The summed E-state index contributed by atoms with van der Waals surface area (Å²) in [5, 5.41) is 5.55. The summed E-state index contributed by atoms with van der Waals surface area (Å²) in [6, 6.07) is 16.4. The Bertz CT molecular complexity index is 1110. The summed E-state index contributed by atoms with van der Waals surface area (Å²) < 4.78 is 6.12. The smallest absolute Gasteiger partial charge is 0.150 e. The summed E-state index contributed by atoms with van der Waals surface area (Å²) in [6.07, 6.45) is 6.08. The molecule has 0 aliphatic rings. The van der Waals surface area contributed by atoms with Crippen LogP contribution in [0.15, 0.2) is 67.1 Å². The second-order valence-corrected chi connectivity index (χ2v) is 6.64. The molecule has 0 spiro atoms. The fourth-order valence-electron chi connectivity index (χ4n) is 3.11. The second kappa shape index (κ2) is 8.05. The fraction of sp³-hybridized carbons (Fsp3) is 0.174. The Morgan fingerprint density at radius 1 is 0.964 bits per heavy atom. The van der Waals surface area contributed by atoms with Gasteiger partial charge in [-0.05, 0) is 48.1 Å². The lowest BCUT2D eigenvalue weighted by Crippen LogP contribution is -2.01. The average molecular weight is 370 g/mol. The Morgan fingerprint density at radius 2 is 1.82 bits per heavy atom. The van der Waals surface area contributed by atoms with E-state index in [1.54, 1.807) is 18.6 Å². The summed E-state index contributed by atoms with van der Waals surface area (Å²) in [4.78, 5) is 13.1. The van der Waals surface area contributed by atoms with E-state index in [1.807, 2.05) is 24.3 Å². The molecule has 140 valence electrons. The van der Waals surface area contributed by atoms with E-state index in [-0.39, 0.29) is 0 Å². The van der Waals surface area contributed by atoms with Crippen LogP contribution in [0.25, 0.3) is 10.8 Å². The lowest BCUT2D eigenvalue weighted by atomic mass is 10.0. The van der Waals surface area contributed by atoms with Gasteiger partial charge in [0.15, 0.2) is 0 Å². The summed E-state index contributed by atoms with van der Waals surface area (Å²) >= 11 is 0. The van der Waals surface area contributed by atoms with Crippen molar-refractivity contribution in [2.24, 2.45) is 0 Å². The van der Waals surface area contributed by atoms with E-state index >= 15 is 0 Å². The third kappa shape index (κ3) is 3.93. The average Bonchev–Trinajstić information content (AvgIpc) is 2.74. The molecule has 2 aromatic carbocycles. The van der Waals surface area contributed by atoms with Gasteiger partial charge in [-0.3, -0.25) is 4.98 Å². The van der Waals surface area contributed by atoms with Crippen LogP contribution < -0.4 is 10.1 Å². The third-order valence-corrected chi connectivity index (χ3v) is 4.62. The normalized spacial score (nSPS) is 10.8. The molecule has 0 aliphatic heterocycles. The zero-order valence-corrected chi connectivity index (χ0v) is 16.0. The van der Waals surface area contributed by atoms with Gasteiger partial charge in [0, 0.05) is 17.8 Å². The van der Waals surface area contributed by atoms with Crippen LogP contribution in [0, 0.1) is 6.92 Å². The van der Waals surface area contributed by atoms with Crippen molar-refractivity contribution in [3.8, 4) is 5.75 Å². The highest BCUT2D eigenvalue weighted by Crippen LogP contribution is 2.28. The summed E-state index contributed by atoms with van der Waals surface area (Å²) in [6.45, 7) is 4.63. The molecule has 0 bridgehead atoms. The molecule has 0 aliphatic carbocycles. The van der Waals surface area contributed by atoms with E-state index in [4.69, 9.17) is 4.74 Å². The van der Waals surface area contributed by atoms with Gasteiger partial charge in [0.2, 0.25) is 0 Å². The van der Waals surface area contributed by atoms with Crippen LogP contribution in [-0.2, 0) is 13.0 Å². The van der Waals surface area contributed by atoms with Crippen LogP contribution in [0.1, 0.15) is 23.7 Å². The lowest BCUT2D eigenvalue weighted by molar-refractivity contribution is 0.310.